The molecule has 1 aromatic heterocycles. The van der Waals surface area contributed by atoms with Crippen LogP contribution in [0, 0.1) is 5.82 Å². The van der Waals surface area contributed by atoms with Crippen molar-refractivity contribution in [3.05, 3.63) is 52.6 Å². The van der Waals surface area contributed by atoms with Gasteiger partial charge < -0.3 is 5.32 Å². The average Bonchev–Trinajstić information content (AvgIpc) is 2.29. The fourth-order valence-corrected chi connectivity index (χ4v) is 1.77. The van der Waals surface area contributed by atoms with Gasteiger partial charge in [-0.05, 0) is 40.0 Å². The Hall–Kier alpha value is -1.49. The highest BCUT2D eigenvalue weighted by Gasteiger charge is 1.97. The summed E-state index contributed by atoms with van der Waals surface area (Å²) >= 11 is 3.27. The number of hydrogen-bond donors (Lipinski definition) is 1. The van der Waals surface area contributed by atoms with Crippen LogP contribution in [0.3, 0.4) is 0 Å². The number of anilines is 1. The first kappa shape index (κ1) is 12.0. The minimum absolute atomic E-state index is 0.202. The summed E-state index contributed by atoms with van der Waals surface area (Å²) in [6.45, 7) is 0.701. The van der Waals surface area contributed by atoms with Crippen molar-refractivity contribution in [3.63, 3.8) is 0 Å². The Morgan fingerprint density at radius 1 is 1.24 bits per heavy atom. The van der Waals surface area contributed by atoms with Crippen LogP contribution in [0.5, 0.6) is 0 Å². The molecule has 0 saturated carbocycles. The summed E-state index contributed by atoms with van der Waals surface area (Å²) in [6.07, 6.45) is 2.23. The summed E-state index contributed by atoms with van der Waals surface area (Å²) < 4.78 is 13.7. The Balaban J connectivity index is 1.87. The lowest BCUT2D eigenvalue weighted by molar-refractivity contribution is 0.625. The Morgan fingerprint density at radius 2 is 2.12 bits per heavy atom. The summed E-state index contributed by atoms with van der Waals surface area (Å²) in [5, 5.41) is 3.15. The number of rotatable bonds is 4. The number of aromatic nitrogens is 2. The summed E-state index contributed by atoms with van der Waals surface area (Å²) in [5.74, 6) is 0.551. The maximum absolute atomic E-state index is 12.9. The molecule has 0 saturated heterocycles. The van der Waals surface area contributed by atoms with E-state index < -0.39 is 0 Å². The predicted octanol–water partition coefficient (Wildman–Crippen LogP) is 3.03. The highest BCUT2D eigenvalue weighted by Crippen LogP contribution is 2.10. The molecule has 0 radical (unpaired) electrons. The molecule has 0 aliphatic rings. The predicted molar refractivity (Wildman–Crippen MR) is 68.3 cm³/mol. The standard InChI is InChI=1S/C12H11BrFN3/c13-11-7-12(17-8-16-11)15-5-4-9-2-1-3-10(14)6-9/h1-3,6-8H,4-5H2,(H,15,16,17). The fourth-order valence-electron chi connectivity index (χ4n) is 1.46. The third-order valence-electron chi connectivity index (χ3n) is 2.24. The Kier molecular flexibility index (Phi) is 4.03. The van der Waals surface area contributed by atoms with Crippen LogP contribution in [0.4, 0.5) is 10.2 Å². The van der Waals surface area contributed by atoms with Gasteiger partial charge in [0.1, 0.15) is 22.6 Å². The third kappa shape index (κ3) is 3.78. The quantitative estimate of drug-likeness (QED) is 0.881. The van der Waals surface area contributed by atoms with Crippen molar-refractivity contribution in [1.82, 2.24) is 9.97 Å². The van der Waals surface area contributed by atoms with E-state index in [0.717, 1.165) is 22.4 Å². The molecule has 1 aromatic carbocycles. The molecule has 1 N–H and O–H groups in total. The van der Waals surface area contributed by atoms with Crippen molar-refractivity contribution < 1.29 is 4.39 Å². The van der Waals surface area contributed by atoms with E-state index in [9.17, 15) is 4.39 Å². The van der Waals surface area contributed by atoms with Crippen LogP contribution in [-0.2, 0) is 6.42 Å². The van der Waals surface area contributed by atoms with Crippen LogP contribution < -0.4 is 5.32 Å². The Bertz CT molecular complexity index is 459. The number of hydrogen-bond acceptors (Lipinski definition) is 3. The molecule has 5 heteroatoms. The molecule has 2 rings (SSSR count). The number of benzene rings is 1. The van der Waals surface area contributed by atoms with Gasteiger partial charge in [0.2, 0.25) is 0 Å². The largest absolute Gasteiger partial charge is 0.370 e. The van der Waals surface area contributed by atoms with Gasteiger partial charge in [0.25, 0.3) is 0 Å². The molecule has 0 atom stereocenters. The summed E-state index contributed by atoms with van der Waals surface area (Å²) in [5.41, 5.74) is 0.964. The van der Waals surface area contributed by atoms with E-state index in [2.05, 4.69) is 31.2 Å². The van der Waals surface area contributed by atoms with E-state index >= 15 is 0 Å². The maximum Gasteiger partial charge on any atom is 0.130 e. The Morgan fingerprint density at radius 3 is 2.88 bits per heavy atom. The van der Waals surface area contributed by atoms with E-state index in [1.165, 1.54) is 18.5 Å². The van der Waals surface area contributed by atoms with Crippen LogP contribution in [0.15, 0.2) is 41.3 Å². The normalized spacial score (nSPS) is 10.2. The summed E-state index contributed by atoms with van der Waals surface area (Å²) in [6, 6.07) is 8.40. The van der Waals surface area contributed by atoms with E-state index in [1.807, 2.05) is 6.07 Å². The smallest absolute Gasteiger partial charge is 0.130 e. The average molecular weight is 296 g/mol. The van der Waals surface area contributed by atoms with Crippen molar-refractivity contribution in [2.75, 3.05) is 11.9 Å². The van der Waals surface area contributed by atoms with E-state index in [1.54, 1.807) is 12.1 Å². The molecule has 0 amide bonds. The number of nitrogens with zero attached hydrogens (tertiary/aromatic N) is 2. The lowest BCUT2D eigenvalue weighted by Gasteiger charge is -2.05. The van der Waals surface area contributed by atoms with Crippen LogP contribution in [0.25, 0.3) is 0 Å². The van der Waals surface area contributed by atoms with Crippen molar-refractivity contribution in [2.45, 2.75) is 6.42 Å². The second kappa shape index (κ2) is 5.72. The lowest BCUT2D eigenvalue weighted by Crippen LogP contribution is -2.06. The van der Waals surface area contributed by atoms with Crippen molar-refractivity contribution in [2.24, 2.45) is 0 Å². The fraction of sp³-hybridized carbons (Fsp3) is 0.167. The number of nitrogens with one attached hydrogen (secondary N) is 1. The Labute approximate surface area is 107 Å². The first-order valence-corrected chi connectivity index (χ1v) is 5.99. The van der Waals surface area contributed by atoms with Gasteiger partial charge in [-0.2, -0.15) is 0 Å². The maximum atomic E-state index is 12.9. The molecular formula is C12H11BrFN3. The molecule has 3 nitrogen and oxygen atoms in total. The second-order valence-corrected chi connectivity index (χ2v) is 4.35. The highest BCUT2D eigenvalue weighted by atomic mass is 79.9. The minimum atomic E-state index is -0.202. The molecule has 88 valence electrons. The first-order valence-electron chi connectivity index (χ1n) is 5.20. The summed E-state index contributed by atoms with van der Waals surface area (Å²) in [7, 11) is 0. The van der Waals surface area contributed by atoms with Crippen molar-refractivity contribution >= 4 is 21.7 Å². The van der Waals surface area contributed by atoms with Gasteiger partial charge in [-0.1, -0.05) is 12.1 Å². The van der Waals surface area contributed by atoms with Crippen molar-refractivity contribution in [1.29, 1.82) is 0 Å². The van der Waals surface area contributed by atoms with E-state index in [-0.39, 0.29) is 5.82 Å². The molecule has 0 aliphatic carbocycles. The van der Waals surface area contributed by atoms with Crippen LogP contribution in [0.1, 0.15) is 5.56 Å². The second-order valence-electron chi connectivity index (χ2n) is 3.53. The lowest BCUT2D eigenvalue weighted by atomic mass is 10.1. The zero-order valence-electron chi connectivity index (χ0n) is 9.03. The summed E-state index contributed by atoms with van der Waals surface area (Å²) in [4.78, 5) is 8.00. The van der Waals surface area contributed by atoms with Crippen LogP contribution in [0.2, 0.25) is 0 Å². The molecule has 2 aromatic rings. The monoisotopic (exact) mass is 295 g/mol. The van der Waals surface area contributed by atoms with Crippen molar-refractivity contribution in [3.8, 4) is 0 Å². The zero-order valence-corrected chi connectivity index (χ0v) is 10.6. The van der Waals surface area contributed by atoms with Crippen LogP contribution in [-0.4, -0.2) is 16.5 Å². The molecule has 1 heterocycles. The highest BCUT2D eigenvalue weighted by molar-refractivity contribution is 9.10. The molecule has 0 bridgehead atoms. The SMILES string of the molecule is Fc1cccc(CCNc2cc(Br)ncn2)c1. The zero-order chi connectivity index (χ0) is 12.1. The third-order valence-corrected chi connectivity index (χ3v) is 2.68. The van der Waals surface area contributed by atoms with Gasteiger partial charge in [-0.25, -0.2) is 14.4 Å². The molecular weight excluding hydrogens is 285 g/mol. The van der Waals surface area contributed by atoms with Gasteiger partial charge in [-0.3, -0.25) is 0 Å². The molecule has 0 fully saturated rings. The van der Waals surface area contributed by atoms with Gasteiger partial charge in [0, 0.05) is 12.6 Å². The molecule has 17 heavy (non-hydrogen) atoms. The van der Waals surface area contributed by atoms with Crippen LogP contribution >= 0.6 is 15.9 Å². The molecule has 0 unspecified atom stereocenters. The topological polar surface area (TPSA) is 37.8 Å². The van der Waals surface area contributed by atoms with Gasteiger partial charge >= 0.3 is 0 Å². The number of halogens is 2. The molecule has 0 spiro atoms. The molecule has 0 aliphatic heterocycles. The van der Waals surface area contributed by atoms with E-state index in [0.29, 0.717) is 6.54 Å². The van der Waals surface area contributed by atoms with Gasteiger partial charge in [-0.15, -0.1) is 0 Å². The first-order chi connectivity index (χ1) is 8.24. The van der Waals surface area contributed by atoms with Gasteiger partial charge in [0.15, 0.2) is 0 Å². The van der Waals surface area contributed by atoms with E-state index in [4.69, 9.17) is 0 Å². The van der Waals surface area contributed by atoms with Gasteiger partial charge in [0.05, 0.1) is 0 Å². The minimum Gasteiger partial charge on any atom is -0.370 e.